The van der Waals surface area contributed by atoms with Crippen LogP contribution < -0.4 is 0 Å². The molecule has 8 heteroatoms. The average molecular weight is 267 g/mol. The molecule has 0 unspecified atom stereocenters. The predicted octanol–water partition coefficient (Wildman–Crippen LogP) is 0.717. The van der Waals surface area contributed by atoms with E-state index >= 15 is 0 Å². The molecule has 1 fully saturated rings. The Morgan fingerprint density at radius 3 is 2.06 bits per heavy atom. The molecule has 1 rings (SSSR count). The molecule has 0 spiro atoms. The van der Waals surface area contributed by atoms with Crippen molar-refractivity contribution in [2.75, 3.05) is 35.0 Å². The van der Waals surface area contributed by atoms with Gasteiger partial charge in [-0.25, -0.2) is 0 Å². The molecule has 96 valence electrons. The Hall–Kier alpha value is 0.194. The fourth-order valence-electron chi connectivity index (χ4n) is 1.71. The first-order valence-electron chi connectivity index (χ1n) is 5.23. The first kappa shape index (κ1) is 14.3. The molecule has 0 bridgehead atoms. The molecule has 0 aromatic carbocycles. The van der Waals surface area contributed by atoms with Gasteiger partial charge in [-0.1, -0.05) is 0 Å². The van der Waals surface area contributed by atoms with Crippen molar-refractivity contribution in [1.82, 2.24) is 4.73 Å². The molecule has 0 aromatic rings. The van der Waals surface area contributed by atoms with Crippen molar-refractivity contribution in [2.24, 2.45) is 0 Å². The Morgan fingerprint density at radius 2 is 1.62 bits per heavy atom. The monoisotopic (exact) mass is 267 g/mol. The SMILES string of the molecule is CO[Si](C)(OC)ON1CCC[Si]1(OC)OC. The van der Waals surface area contributed by atoms with Crippen molar-refractivity contribution < 1.29 is 22.2 Å². The minimum atomic E-state index is -2.58. The van der Waals surface area contributed by atoms with E-state index in [0.29, 0.717) is 0 Å². The first-order chi connectivity index (χ1) is 7.55. The Labute approximate surface area is 99.0 Å². The zero-order valence-electron chi connectivity index (χ0n) is 10.6. The van der Waals surface area contributed by atoms with Crippen LogP contribution >= 0.6 is 0 Å². The van der Waals surface area contributed by atoms with Crippen LogP contribution in [0.25, 0.3) is 0 Å². The summed E-state index contributed by atoms with van der Waals surface area (Å²) >= 11 is 0. The number of nitrogens with zero attached hydrogens (tertiary/aromatic N) is 1. The summed E-state index contributed by atoms with van der Waals surface area (Å²) in [5.41, 5.74) is 0. The summed E-state index contributed by atoms with van der Waals surface area (Å²) in [5, 5.41) is 0. The number of hydrogen-bond acceptors (Lipinski definition) is 6. The average Bonchev–Trinajstić information content (AvgIpc) is 2.72. The molecule has 0 aromatic heterocycles. The summed E-state index contributed by atoms with van der Waals surface area (Å²) in [5.74, 6) is 0. The Balaban J connectivity index is 2.72. The topological polar surface area (TPSA) is 49.4 Å². The van der Waals surface area contributed by atoms with E-state index in [2.05, 4.69) is 0 Å². The minimum Gasteiger partial charge on any atom is -0.385 e. The standard InChI is InChI=1S/C8H21NO5Si2/c1-10-15(5,11-2)14-9-7-6-8-16(9,12-3)13-4/h6-8H2,1-5H3. The summed E-state index contributed by atoms with van der Waals surface area (Å²) in [6.45, 7) is 2.64. The third-order valence-corrected chi connectivity index (χ3v) is 8.44. The highest BCUT2D eigenvalue weighted by atomic mass is 28.4. The lowest BCUT2D eigenvalue weighted by Gasteiger charge is -2.35. The van der Waals surface area contributed by atoms with Crippen LogP contribution in [0.15, 0.2) is 0 Å². The molecular formula is C8H21NO5Si2. The number of hydroxylamine groups is 1. The van der Waals surface area contributed by atoms with Crippen molar-refractivity contribution >= 4 is 17.5 Å². The van der Waals surface area contributed by atoms with Crippen molar-refractivity contribution in [1.29, 1.82) is 0 Å². The van der Waals surface area contributed by atoms with Crippen LogP contribution in [0.3, 0.4) is 0 Å². The molecular weight excluding hydrogens is 246 g/mol. The van der Waals surface area contributed by atoms with Gasteiger partial charge >= 0.3 is 17.5 Å². The summed E-state index contributed by atoms with van der Waals surface area (Å²) in [7, 11) is 1.56. The van der Waals surface area contributed by atoms with Crippen LogP contribution in [0.2, 0.25) is 12.6 Å². The van der Waals surface area contributed by atoms with Crippen LogP contribution in [-0.2, 0) is 22.2 Å². The lowest BCUT2D eigenvalue weighted by atomic mass is 10.5. The Morgan fingerprint density at radius 1 is 1.06 bits per heavy atom. The van der Waals surface area contributed by atoms with Gasteiger partial charge in [0.1, 0.15) is 0 Å². The van der Waals surface area contributed by atoms with E-state index in [9.17, 15) is 0 Å². The Bertz CT molecular complexity index is 222. The van der Waals surface area contributed by atoms with E-state index in [0.717, 1.165) is 19.0 Å². The molecule has 0 amide bonds. The van der Waals surface area contributed by atoms with Gasteiger partial charge in [0.15, 0.2) is 0 Å². The third-order valence-electron chi connectivity index (χ3n) is 2.89. The van der Waals surface area contributed by atoms with Gasteiger partial charge in [0, 0.05) is 47.6 Å². The maximum Gasteiger partial charge on any atom is 0.513 e. The highest BCUT2D eigenvalue weighted by molar-refractivity contribution is 6.66. The number of hydrogen-bond donors (Lipinski definition) is 0. The van der Waals surface area contributed by atoms with E-state index < -0.39 is 17.5 Å². The van der Waals surface area contributed by atoms with Gasteiger partial charge in [0.2, 0.25) is 0 Å². The minimum absolute atomic E-state index is 0.795. The second-order valence-corrected chi connectivity index (χ2v) is 9.65. The summed E-state index contributed by atoms with van der Waals surface area (Å²) in [6.07, 6.45) is 1.01. The van der Waals surface area contributed by atoms with Gasteiger partial charge in [-0.15, -0.1) is 0 Å². The molecule has 1 aliphatic rings. The maximum absolute atomic E-state index is 5.83. The van der Waals surface area contributed by atoms with Gasteiger partial charge in [0.05, 0.1) is 0 Å². The van der Waals surface area contributed by atoms with Crippen molar-refractivity contribution in [3.05, 3.63) is 0 Å². The summed E-state index contributed by atoms with van der Waals surface area (Å²) < 4.78 is 29.3. The largest absolute Gasteiger partial charge is 0.513 e. The van der Waals surface area contributed by atoms with Gasteiger partial charge in [-0.3, -0.25) is 4.53 Å². The molecule has 0 radical (unpaired) electrons. The van der Waals surface area contributed by atoms with Gasteiger partial charge in [0.25, 0.3) is 0 Å². The molecule has 0 N–H and O–H groups in total. The second-order valence-electron chi connectivity index (χ2n) is 3.69. The van der Waals surface area contributed by atoms with E-state index in [1.54, 1.807) is 28.4 Å². The van der Waals surface area contributed by atoms with Gasteiger partial charge in [-0.05, 0) is 6.42 Å². The second kappa shape index (κ2) is 5.69. The summed E-state index contributed by atoms with van der Waals surface area (Å²) in [4.78, 5) is 0. The molecule has 0 aliphatic carbocycles. The fourth-order valence-corrected chi connectivity index (χ4v) is 5.90. The highest BCUT2D eigenvalue weighted by Crippen LogP contribution is 2.29. The van der Waals surface area contributed by atoms with Gasteiger partial charge in [-0.2, -0.15) is 4.73 Å². The zero-order chi connectivity index (χ0) is 12.2. The lowest BCUT2D eigenvalue weighted by Crippen LogP contribution is -2.58. The van der Waals surface area contributed by atoms with E-state index in [-0.39, 0.29) is 0 Å². The molecule has 0 saturated carbocycles. The van der Waals surface area contributed by atoms with E-state index in [1.807, 2.05) is 11.3 Å². The van der Waals surface area contributed by atoms with Crippen molar-refractivity contribution in [3.63, 3.8) is 0 Å². The molecule has 1 heterocycles. The quantitative estimate of drug-likeness (QED) is 0.661. The lowest BCUT2D eigenvalue weighted by molar-refractivity contribution is -0.0782. The number of rotatable bonds is 6. The molecule has 6 nitrogen and oxygen atoms in total. The van der Waals surface area contributed by atoms with Crippen LogP contribution in [0.1, 0.15) is 6.42 Å². The normalized spacial score (nSPS) is 21.6. The molecule has 16 heavy (non-hydrogen) atoms. The predicted molar refractivity (Wildman–Crippen MR) is 62.6 cm³/mol. The van der Waals surface area contributed by atoms with E-state index in [1.165, 1.54) is 0 Å². The zero-order valence-corrected chi connectivity index (χ0v) is 12.6. The van der Waals surface area contributed by atoms with Gasteiger partial charge < -0.3 is 17.7 Å². The molecule has 1 saturated heterocycles. The third kappa shape index (κ3) is 2.71. The highest BCUT2D eigenvalue weighted by Gasteiger charge is 2.52. The Kier molecular flexibility index (Phi) is 5.07. The molecule has 1 aliphatic heterocycles. The summed E-state index contributed by atoms with van der Waals surface area (Å²) in [6, 6.07) is 0.901. The van der Waals surface area contributed by atoms with Crippen LogP contribution in [0, 0.1) is 0 Å². The van der Waals surface area contributed by atoms with Crippen LogP contribution in [0.5, 0.6) is 0 Å². The van der Waals surface area contributed by atoms with Crippen molar-refractivity contribution in [2.45, 2.75) is 19.0 Å². The maximum atomic E-state index is 5.83. The van der Waals surface area contributed by atoms with Crippen molar-refractivity contribution in [3.8, 4) is 0 Å². The van der Waals surface area contributed by atoms with Crippen LogP contribution in [0.4, 0.5) is 0 Å². The smallest absolute Gasteiger partial charge is 0.385 e. The fraction of sp³-hybridized carbons (Fsp3) is 1.00. The van der Waals surface area contributed by atoms with Crippen LogP contribution in [-0.4, -0.2) is 57.2 Å². The first-order valence-corrected chi connectivity index (χ1v) is 9.43. The molecule has 0 atom stereocenters. The van der Waals surface area contributed by atoms with E-state index in [4.69, 9.17) is 22.2 Å².